The zero-order valence-electron chi connectivity index (χ0n) is 15.4. The quantitative estimate of drug-likeness (QED) is 0.707. The van der Waals surface area contributed by atoms with Gasteiger partial charge in [-0.15, -0.1) is 0 Å². The number of hydrogen-bond donors (Lipinski definition) is 3. The molecule has 2 aromatic heterocycles. The molecule has 140 valence electrons. The van der Waals surface area contributed by atoms with Gasteiger partial charge in [-0.05, 0) is 32.9 Å². The Morgan fingerprint density at radius 1 is 1.36 bits per heavy atom. The molecule has 2 aromatic rings. The molecule has 7 nitrogen and oxygen atoms in total. The number of aromatic nitrogens is 3. The Balaban J connectivity index is 0.000000422. The molecule has 0 radical (unpaired) electrons. The van der Waals surface area contributed by atoms with Gasteiger partial charge in [0.05, 0.1) is 11.7 Å². The largest absolute Gasteiger partial charge is 0.382 e. The van der Waals surface area contributed by atoms with Crippen LogP contribution in [-0.2, 0) is 4.79 Å². The van der Waals surface area contributed by atoms with Gasteiger partial charge in [-0.1, -0.05) is 26.7 Å². The highest BCUT2D eigenvalue weighted by Crippen LogP contribution is 2.16. The first-order chi connectivity index (χ1) is 11.9. The van der Waals surface area contributed by atoms with Crippen LogP contribution in [0.5, 0.6) is 0 Å². The van der Waals surface area contributed by atoms with E-state index in [0.717, 1.165) is 18.4 Å². The average Bonchev–Trinajstić information content (AvgIpc) is 2.54. The molecule has 1 atom stereocenters. The third kappa shape index (κ3) is 9.51. The topological polar surface area (TPSA) is 120 Å². The predicted molar refractivity (Wildman–Crippen MR) is 100 cm³/mol. The number of anilines is 2. The van der Waals surface area contributed by atoms with Crippen molar-refractivity contribution in [2.75, 3.05) is 25.1 Å². The molecule has 8 heteroatoms. The Morgan fingerprint density at radius 2 is 2.00 bits per heavy atom. The Kier molecular flexibility index (Phi) is 11.8. The number of halogens is 1. The van der Waals surface area contributed by atoms with E-state index in [9.17, 15) is 4.39 Å². The van der Waals surface area contributed by atoms with Crippen molar-refractivity contribution < 1.29 is 9.18 Å². The molecule has 2 rings (SSSR count). The summed E-state index contributed by atoms with van der Waals surface area (Å²) >= 11 is 0. The second kappa shape index (κ2) is 13.0. The molecular weight excluding hydrogens is 323 g/mol. The van der Waals surface area contributed by atoms with Crippen LogP contribution in [0.4, 0.5) is 16.2 Å². The summed E-state index contributed by atoms with van der Waals surface area (Å²) in [5.41, 5.74) is 11.5. The predicted octanol–water partition coefficient (Wildman–Crippen LogP) is 2.57. The minimum absolute atomic E-state index is 0.0115. The lowest BCUT2D eigenvalue weighted by atomic mass is 10.1. The van der Waals surface area contributed by atoms with Gasteiger partial charge in [-0.2, -0.15) is 4.98 Å². The van der Waals surface area contributed by atoms with Crippen LogP contribution in [0.15, 0.2) is 12.3 Å². The maximum atomic E-state index is 12.7. The van der Waals surface area contributed by atoms with E-state index in [2.05, 4.69) is 34.1 Å². The number of nitrogens with zero attached hydrogens (tertiary/aromatic N) is 3. The molecule has 0 bridgehead atoms. The van der Waals surface area contributed by atoms with Crippen molar-refractivity contribution in [3.8, 4) is 0 Å². The number of aldehydes is 1. The number of carbonyl (C=O) groups is 1. The van der Waals surface area contributed by atoms with Crippen molar-refractivity contribution in [3.05, 3.63) is 18.1 Å². The molecular formula is C17H29FN6O. The fourth-order valence-corrected chi connectivity index (χ4v) is 2.04. The molecule has 0 amide bonds. The Labute approximate surface area is 148 Å². The molecule has 25 heavy (non-hydrogen) atoms. The number of nitrogen functional groups attached to an aromatic ring is 2. The third-order valence-electron chi connectivity index (χ3n) is 3.15. The molecule has 0 aliphatic heterocycles. The van der Waals surface area contributed by atoms with Gasteiger partial charge < -0.3 is 21.6 Å². The number of hydrogen-bond acceptors (Lipinski definition) is 7. The molecule has 0 aliphatic carbocycles. The molecule has 0 saturated carbocycles. The van der Waals surface area contributed by atoms with Gasteiger partial charge in [0.1, 0.15) is 17.6 Å². The number of carbonyl (C=O) groups excluding carboxylic acids is 1. The summed E-state index contributed by atoms with van der Waals surface area (Å²) in [4.78, 5) is 20.0. The zero-order chi connectivity index (χ0) is 19.2. The van der Waals surface area contributed by atoms with Crippen molar-refractivity contribution in [2.45, 2.75) is 40.0 Å². The Bertz CT molecular complexity index is 633. The van der Waals surface area contributed by atoms with E-state index in [1.54, 1.807) is 0 Å². The van der Waals surface area contributed by atoms with E-state index in [1.165, 1.54) is 38.8 Å². The first kappa shape index (κ1) is 22.6. The lowest BCUT2D eigenvalue weighted by Crippen LogP contribution is -2.15. The molecule has 0 aliphatic rings. The number of unbranched alkanes of at least 4 members (excludes halogenated alkanes) is 1. The van der Waals surface area contributed by atoms with Gasteiger partial charge in [0.2, 0.25) is 5.95 Å². The monoisotopic (exact) mass is 352 g/mol. The second-order valence-corrected chi connectivity index (χ2v) is 5.53. The number of rotatable bonds is 5. The minimum Gasteiger partial charge on any atom is -0.382 e. The number of nitrogens with two attached hydrogens (primary N) is 2. The van der Waals surface area contributed by atoms with Gasteiger partial charge in [0, 0.05) is 6.07 Å². The Hall–Kier alpha value is -2.35. The van der Waals surface area contributed by atoms with Crippen molar-refractivity contribution >= 4 is 29.1 Å². The van der Waals surface area contributed by atoms with Crippen LogP contribution in [-0.4, -0.2) is 34.8 Å². The molecule has 2 heterocycles. The fourth-order valence-electron chi connectivity index (χ4n) is 2.04. The Morgan fingerprint density at radius 3 is 2.56 bits per heavy atom. The average molecular weight is 352 g/mol. The van der Waals surface area contributed by atoms with Gasteiger partial charge in [-0.25, -0.2) is 14.4 Å². The molecule has 0 spiro atoms. The molecule has 1 unspecified atom stereocenters. The highest BCUT2D eigenvalue weighted by atomic mass is 19.1. The summed E-state index contributed by atoms with van der Waals surface area (Å²) in [6.45, 7) is 7.15. The number of pyridine rings is 1. The minimum atomic E-state index is -0.481. The smallest absolute Gasteiger partial charge is 0.222 e. The van der Waals surface area contributed by atoms with Crippen LogP contribution in [0.3, 0.4) is 0 Å². The normalized spacial score (nSPS) is 10.9. The van der Waals surface area contributed by atoms with Crippen molar-refractivity contribution in [1.82, 2.24) is 20.3 Å². The van der Waals surface area contributed by atoms with Crippen LogP contribution in [0.1, 0.15) is 40.0 Å². The van der Waals surface area contributed by atoms with Crippen molar-refractivity contribution in [3.63, 3.8) is 0 Å². The van der Waals surface area contributed by atoms with Crippen LogP contribution in [0.25, 0.3) is 11.0 Å². The van der Waals surface area contributed by atoms with E-state index >= 15 is 0 Å². The fraction of sp³-hybridized carbons (Fsp3) is 0.529. The first-order valence-electron chi connectivity index (χ1n) is 8.28. The second-order valence-electron chi connectivity index (χ2n) is 5.53. The standard InChI is InChI=1S/C8H19N.C7H6FN5.C2H4O/c1-4-5-6-8(2)7-9-3;8-3-1-4-5(11-2-3)6(9)13-7(10)12-4;1-2-3/h8-9H,4-7H2,1-3H3;1-2H,(H4,9,10,12,13);2H,1H3. The maximum Gasteiger partial charge on any atom is 0.222 e. The summed E-state index contributed by atoms with van der Waals surface area (Å²) in [5, 5.41) is 3.18. The molecule has 0 aromatic carbocycles. The van der Waals surface area contributed by atoms with E-state index in [4.69, 9.17) is 16.3 Å². The van der Waals surface area contributed by atoms with Gasteiger partial charge in [0.15, 0.2) is 5.82 Å². The van der Waals surface area contributed by atoms with Gasteiger partial charge >= 0.3 is 0 Å². The van der Waals surface area contributed by atoms with E-state index in [0.29, 0.717) is 11.0 Å². The lowest BCUT2D eigenvalue weighted by molar-refractivity contribution is -0.106. The summed E-state index contributed by atoms with van der Waals surface area (Å²) < 4.78 is 12.7. The highest BCUT2D eigenvalue weighted by molar-refractivity contribution is 5.84. The third-order valence-corrected chi connectivity index (χ3v) is 3.15. The van der Waals surface area contributed by atoms with Crippen LogP contribution < -0.4 is 16.8 Å². The maximum absolute atomic E-state index is 12.7. The van der Waals surface area contributed by atoms with Gasteiger partial charge in [0.25, 0.3) is 0 Å². The SMILES string of the molecule is CC=O.CCCCC(C)CNC.Nc1nc(N)c2ncc(F)cc2n1. The molecule has 0 saturated heterocycles. The van der Waals surface area contributed by atoms with Crippen LogP contribution in [0.2, 0.25) is 0 Å². The van der Waals surface area contributed by atoms with Crippen molar-refractivity contribution in [2.24, 2.45) is 5.92 Å². The first-order valence-corrected chi connectivity index (χ1v) is 8.28. The number of nitrogens with one attached hydrogen (secondary N) is 1. The van der Waals surface area contributed by atoms with Crippen molar-refractivity contribution in [1.29, 1.82) is 0 Å². The summed E-state index contributed by atoms with van der Waals surface area (Å²) in [5.74, 6) is 0.542. The van der Waals surface area contributed by atoms with E-state index in [-0.39, 0.29) is 11.8 Å². The highest BCUT2D eigenvalue weighted by Gasteiger charge is 2.04. The zero-order valence-corrected chi connectivity index (χ0v) is 15.4. The van der Waals surface area contributed by atoms with E-state index in [1.807, 2.05) is 7.05 Å². The van der Waals surface area contributed by atoms with E-state index < -0.39 is 5.82 Å². The lowest BCUT2D eigenvalue weighted by Gasteiger charge is -2.08. The summed E-state index contributed by atoms with van der Waals surface area (Å²) in [6, 6.07) is 1.21. The summed E-state index contributed by atoms with van der Waals surface area (Å²) in [7, 11) is 2.02. The summed E-state index contributed by atoms with van der Waals surface area (Å²) in [6.07, 6.45) is 5.88. The van der Waals surface area contributed by atoms with Crippen LogP contribution in [0, 0.1) is 11.7 Å². The van der Waals surface area contributed by atoms with Crippen LogP contribution >= 0.6 is 0 Å². The number of fused-ring (bicyclic) bond motifs is 1. The molecule has 0 fully saturated rings. The molecule has 5 N–H and O–H groups in total. The van der Waals surface area contributed by atoms with Gasteiger partial charge in [-0.3, -0.25) is 0 Å².